The van der Waals surface area contributed by atoms with E-state index < -0.39 is 0 Å². The number of nitrogens with zero attached hydrogens (tertiary/aromatic N) is 2. The summed E-state index contributed by atoms with van der Waals surface area (Å²) in [4.78, 5) is 11.0. The maximum atomic E-state index is 11.0. The van der Waals surface area contributed by atoms with Gasteiger partial charge in [0, 0.05) is 11.4 Å². The molecular weight excluding hydrogens is 128 g/mol. The molecule has 0 N–H and O–H groups in total. The molecule has 1 amide bonds. The summed E-state index contributed by atoms with van der Waals surface area (Å²) in [6.07, 6.45) is 0.437. The molecule has 0 radical (unpaired) electrons. The van der Waals surface area contributed by atoms with Crippen molar-refractivity contribution in [3.63, 3.8) is 0 Å². The van der Waals surface area contributed by atoms with E-state index in [1.165, 1.54) is 5.01 Å². The number of carbonyl (C=O) groups is 1. The van der Waals surface area contributed by atoms with E-state index in [9.17, 15) is 4.79 Å². The summed E-state index contributed by atoms with van der Waals surface area (Å²) in [5.41, 5.74) is 1.54. The van der Waals surface area contributed by atoms with Crippen molar-refractivity contribution in [2.45, 2.75) is 20.3 Å². The molecule has 0 aliphatic carbocycles. The first-order chi connectivity index (χ1) is 4.61. The van der Waals surface area contributed by atoms with Gasteiger partial charge in [-0.15, -0.1) is 0 Å². The third-order valence-corrected chi connectivity index (χ3v) is 1.28. The Bertz CT molecular complexity index is 218. The van der Waals surface area contributed by atoms with Crippen molar-refractivity contribution >= 4 is 11.6 Å². The number of amides is 1. The first kappa shape index (κ1) is 6.99. The van der Waals surface area contributed by atoms with Gasteiger partial charge in [-0.2, -0.15) is 5.10 Å². The van der Waals surface area contributed by atoms with Crippen LogP contribution in [0.2, 0.25) is 0 Å². The fourth-order valence-corrected chi connectivity index (χ4v) is 0.854. The molecule has 1 aliphatic rings. The number of hydrogen-bond donors (Lipinski definition) is 0. The molecule has 10 heavy (non-hydrogen) atoms. The topological polar surface area (TPSA) is 32.7 Å². The predicted octanol–water partition coefficient (Wildman–Crippen LogP) is 1.13. The van der Waals surface area contributed by atoms with Gasteiger partial charge in [0.2, 0.25) is 0 Å². The molecule has 1 aliphatic heterocycles. The molecule has 0 saturated carbocycles. The quantitative estimate of drug-likeness (QED) is 0.534. The number of hydrazone groups is 1. The molecule has 1 rings (SSSR count). The van der Waals surface area contributed by atoms with Crippen LogP contribution in [0.3, 0.4) is 0 Å². The van der Waals surface area contributed by atoms with Gasteiger partial charge in [0.1, 0.15) is 0 Å². The van der Waals surface area contributed by atoms with Crippen molar-refractivity contribution in [3.8, 4) is 0 Å². The Labute approximate surface area is 60.0 Å². The summed E-state index contributed by atoms with van der Waals surface area (Å²) in [5.74, 6) is 0.0185. The van der Waals surface area contributed by atoms with E-state index in [0.717, 1.165) is 5.71 Å². The monoisotopic (exact) mass is 138 g/mol. The Hall–Kier alpha value is -1.12. The van der Waals surface area contributed by atoms with E-state index in [0.29, 0.717) is 12.1 Å². The van der Waals surface area contributed by atoms with Gasteiger partial charge >= 0.3 is 0 Å². The normalized spacial score (nSPS) is 17.6. The van der Waals surface area contributed by atoms with Crippen molar-refractivity contribution in [1.29, 1.82) is 0 Å². The molecule has 1 heterocycles. The highest BCUT2D eigenvalue weighted by atomic mass is 16.2. The van der Waals surface area contributed by atoms with Crippen LogP contribution < -0.4 is 0 Å². The van der Waals surface area contributed by atoms with Crippen LogP contribution in [-0.4, -0.2) is 16.6 Å². The van der Waals surface area contributed by atoms with Crippen LogP contribution in [0.1, 0.15) is 20.3 Å². The zero-order valence-corrected chi connectivity index (χ0v) is 6.22. The minimum Gasteiger partial charge on any atom is -0.272 e. The van der Waals surface area contributed by atoms with E-state index >= 15 is 0 Å². The van der Waals surface area contributed by atoms with E-state index in [2.05, 4.69) is 11.7 Å². The third kappa shape index (κ3) is 1.07. The van der Waals surface area contributed by atoms with Crippen LogP contribution in [0.4, 0.5) is 0 Å². The number of allylic oxidation sites excluding steroid dienone is 1. The van der Waals surface area contributed by atoms with Gasteiger partial charge in [-0.25, -0.2) is 5.01 Å². The van der Waals surface area contributed by atoms with Gasteiger partial charge in [-0.1, -0.05) is 6.58 Å². The van der Waals surface area contributed by atoms with Gasteiger partial charge in [0.25, 0.3) is 5.91 Å². The summed E-state index contributed by atoms with van der Waals surface area (Å²) in [6.45, 7) is 7.22. The average molecular weight is 138 g/mol. The van der Waals surface area contributed by atoms with Crippen molar-refractivity contribution in [2.75, 3.05) is 0 Å². The number of hydrogen-bond acceptors (Lipinski definition) is 2. The molecule has 0 aromatic carbocycles. The summed E-state index contributed by atoms with van der Waals surface area (Å²) >= 11 is 0. The van der Waals surface area contributed by atoms with Gasteiger partial charge in [-0.3, -0.25) is 4.79 Å². The van der Waals surface area contributed by atoms with Gasteiger partial charge < -0.3 is 0 Å². The fraction of sp³-hybridized carbons (Fsp3) is 0.429. The minimum absolute atomic E-state index is 0.0185. The maximum absolute atomic E-state index is 11.0. The molecule has 54 valence electrons. The summed E-state index contributed by atoms with van der Waals surface area (Å²) in [6, 6.07) is 0. The highest BCUT2D eigenvalue weighted by Crippen LogP contribution is 2.12. The molecule has 0 spiro atoms. The van der Waals surface area contributed by atoms with Gasteiger partial charge in [0.15, 0.2) is 0 Å². The second-order valence-electron chi connectivity index (χ2n) is 2.45. The van der Waals surface area contributed by atoms with Crippen LogP contribution in [0.15, 0.2) is 17.4 Å². The number of rotatable bonds is 1. The zero-order valence-electron chi connectivity index (χ0n) is 6.22. The van der Waals surface area contributed by atoms with E-state index in [1.807, 2.05) is 6.92 Å². The molecule has 0 saturated heterocycles. The Balaban J connectivity index is 2.79. The lowest BCUT2D eigenvalue weighted by molar-refractivity contribution is -0.126. The van der Waals surface area contributed by atoms with Crippen molar-refractivity contribution in [1.82, 2.24) is 5.01 Å². The van der Waals surface area contributed by atoms with Gasteiger partial charge in [-0.05, 0) is 13.8 Å². The fourth-order valence-electron chi connectivity index (χ4n) is 0.854. The molecular formula is C7H10N2O. The number of carbonyl (C=O) groups excluding carboxylic acids is 1. The van der Waals surface area contributed by atoms with Gasteiger partial charge in [0.05, 0.1) is 6.42 Å². The highest BCUT2D eigenvalue weighted by Gasteiger charge is 2.20. The summed E-state index contributed by atoms with van der Waals surface area (Å²) in [5, 5.41) is 5.31. The Morgan fingerprint density at radius 3 is 2.60 bits per heavy atom. The molecule has 3 heteroatoms. The Kier molecular flexibility index (Phi) is 1.57. The zero-order chi connectivity index (χ0) is 7.72. The first-order valence-corrected chi connectivity index (χ1v) is 3.14. The maximum Gasteiger partial charge on any atom is 0.252 e. The van der Waals surface area contributed by atoms with E-state index in [-0.39, 0.29) is 5.91 Å². The first-order valence-electron chi connectivity index (χ1n) is 3.14. The smallest absolute Gasteiger partial charge is 0.252 e. The molecule has 3 nitrogen and oxygen atoms in total. The molecule has 0 aromatic heterocycles. The minimum atomic E-state index is 0.0185. The third-order valence-electron chi connectivity index (χ3n) is 1.28. The lowest BCUT2D eigenvalue weighted by atomic mass is 10.3. The van der Waals surface area contributed by atoms with Crippen molar-refractivity contribution < 1.29 is 4.79 Å². The second-order valence-corrected chi connectivity index (χ2v) is 2.45. The van der Waals surface area contributed by atoms with E-state index in [1.54, 1.807) is 6.92 Å². The lowest BCUT2D eigenvalue weighted by Crippen LogP contribution is -2.17. The van der Waals surface area contributed by atoms with E-state index in [4.69, 9.17) is 0 Å². The standard InChI is InChI=1S/C7H10N2O/c1-5(2)9-7(10)4-6(3)8-9/h1,4H2,2-3H3. The molecule has 0 bridgehead atoms. The molecule has 0 atom stereocenters. The lowest BCUT2D eigenvalue weighted by Gasteiger charge is -2.08. The highest BCUT2D eigenvalue weighted by molar-refractivity contribution is 6.04. The Morgan fingerprint density at radius 1 is 1.80 bits per heavy atom. The average Bonchev–Trinajstić information content (AvgIpc) is 2.10. The molecule has 0 aromatic rings. The summed E-state index contributed by atoms with van der Waals surface area (Å²) < 4.78 is 0. The second kappa shape index (κ2) is 2.25. The van der Waals surface area contributed by atoms with Crippen molar-refractivity contribution in [3.05, 3.63) is 12.3 Å². The molecule has 0 unspecified atom stereocenters. The molecule has 0 fully saturated rings. The largest absolute Gasteiger partial charge is 0.272 e. The predicted molar refractivity (Wildman–Crippen MR) is 39.4 cm³/mol. The van der Waals surface area contributed by atoms with Crippen molar-refractivity contribution in [2.24, 2.45) is 5.10 Å². The van der Waals surface area contributed by atoms with Crippen LogP contribution in [0, 0.1) is 0 Å². The van der Waals surface area contributed by atoms with Crippen LogP contribution >= 0.6 is 0 Å². The van der Waals surface area contributed by atoms with Crippen LogP contribution in [-0.2, 0) is 4.79 Å². The summed E-state index contributed by atoms with van der Waals surface area (Å²) in [7, 11) is 0. The van der Waals surface area contributed by atoms with Crippen LogP contribution in [0.25, 0.3) is 0 Å². The van der Waals surface area contributed by atoms with Crippen LogP contribution in [0.5, 0.6) is 0 Å². The Morgan fingerprint density at radius 2 is 2.40 bits per heavy atom. The SMILES string of the molecule is C=C(C)N1N=C(C)CC1=O.